The fourth-order valence-electron chi connectivity index (χ4n) is 2.13. The van der Waals surface area contributed by atoms with E-state index >= 15 is 0 Å². The lowest BCUT2D eigenvalue weighted by Crippen LogP contribution is -2.10. The molecular formula is C17H24N2S. The van der Waals surface area contributed by atoms with E-state index in [-0.39, 0.29) is 5.41 Å². The summed E-state index contributed by atoms with van der Waals surface area (Å²) < 4.78 is 0. The van der Waals surface area contributed by atoms with Crippen LogP contribution in [0.15, 0.2) is 24.3 Å². The molecule has 2 rings (SSSR count). The van der Waals surface area contributed by atoms with Crippen molar-refractivity contribution in [2.75, 3.05) is 5.73 Å². The number of hydrogen-bond acceptors (Lipinski definition) is 3. The maximum atomic E-state index is 6.14. The summed E-state index contributed by atoms with van der Waals surface area (Å²) in [5.74, 6) is 0.678. The van der Waals surface area contributed by atoms with Crippen LogP contribution in [0, 0.1) is 5.92 Å². The first kappa shape index (κ1) is 15.0. The Labute approximate surface area is 126 Å². The number of rotatable bonds is 3. The van der Waals surface area contributed by atoms with Crippen LogP contribution in [0.4, 0.5) is 5.00 Å². The number of aromatic nitrogens is 1. The summed E-state index contributed by atoms with van der Waals surface area (Å²) >= 11 is 1.60. The second-order valence-corrected chi connectivity index (χ2v) is 7.81. The quantitative estimate of drug-likeness (QED) is 0.873. The molecule has 1 aromatic heterocycles. The van der Waals surface area contributed by atoms with Crippen LogP contribution in [0.25, 0.3) is 11.3 Å². The van der Waals surface area contributed by atoms with Gasteiger partial charge in [0.1, 0.15) is 15.7 Å². The van der Waals surface area contributed by atoms with E-state index in [1.807, 2.05) is 0 Å². The number of thiazole rings is 1. The van der Waals surface area contributed by atoms with Crippen LogP contribution in [0.1, 0.15) is 45.2 Å². The Morgan fingerprint density at radius 1 is 1.15 bits per heavy atom. The molecule has 0 amide bonds. The summed E-state index contributed by atoms with van der Waals surface area (Å²) in [7, 11) is 0. The van der Waals surface area contributed by atoms with E-state index in [1.54, 1.807) is 11.3 Å². The van der Waals surface area contributed by atoms with Crippen molar-refractivity contribution in [3.05, 3.63) is 34.8 Å². The zero-order chi connectivity index (χ0) is 14.9. The minimum absolute atomic E-state index is 0.0502. The molecule has 20 heavy (non-hydrogen) atoms. The topological polar surface area (TPSA) is 38.9 Å². The van der Waals surface area contributed by atoms with E-state index in [0.29, 0.717) is 5.92 Å². The van der Waals surface area contributed by atoms with E-state index in [2.05, 4.69) is 58.9 Å². The van der Waals surface area contributed by atoms with Gasteiger partial charge in [-0.3, -0.25) is 0 Å². The van der Waals surface area contributed by atoms with Gasteiger partial charge in [-0.25, -0.2) is 4.98 Å². The lowest BCUT2D eigenvalue weighted by molar-refractivity contribution is 0.586. The van der Waals surface area contributed by atoms with Gasteiger partial charge in [-0.15, -0.1) is 11.3 Å². The molecule has 0 bridgehead atoms. The van der Waals surface area contributed by atoms with E-state index < -0.39 is 0 Å². The molecule has 0 saturated carbocycles. The summed E-state index contributed by atoms with van der Waals surface area (Å²) in [6, 6.07) is 8.64. The molecule has 108 valence electrons. The summed E-state index contributed by atoms with van der Waals surface area (Å²) in [6.07, 6.45) is 1.11. The SMILES string of the molecule is CC(C)Cc1ccc(-c2nc(C(C)(C)C)sc2N)cc1. The minimum atomic E-state index is 0.0502. The Morgan fingerprint density at radius 2 is 1.75 bits per heavy atom. The Morgan fingerprint density at radius 3 is 2.20 bits per heavy atom. The maximum absolute atomic E-state index is 6.14. The molecule has 0 aliphatic rings. The predicted molar refractivity (Wildman–Crippen MR) is 89.2 cm³/mol. The molecule has 2 aromatic rings. The minimum Gasteiger partial charge on any atom is -0.389 e. The van der Waals surface area contributed by atoms with Crippen molar-refractivity contribution in [3.8, 4) is 11.3 Å². The van der Waals surface area contributed by atoms with Gasteiger partial charge in [0.2, 0.25) is 0 Å². The molecule has 0 fully saturated rings. The first-order chi connectivity index (χ1) is 9.27. The molecule has 0 saturated heterocycles. The van der Waals surface area contributed by atoms with Gasteiger partial charge in [0.15, 0.2) is 0 Å². The number of hydrogen-bond donors (Lipinski definition) is 1. The van der Waals surface area contributed by atoms with E-state index in [0.717, 1.165) is 27.7 Å². The Bertz CT molecular complexity index is 574. The molecule has 1 heterocycles. The van der Waals surface area contributed by atoms with Crippen molar-refractivity contribution in [1.29, 1.82) is 0 Å². The van der Waals surface area contributed by atoms with Crippen molar-refractivity contribution < 1.29 is 0 Å². The highest BCUT2D eigenvalue weighted by Crippen LogP contribution is 2.36. The van der Waals surface area contributed by atoms with Crippen molar-refractivity contribution in [2.24, 2.45) is 5.92 Å². The van der Waals surface area contributed by atoms with Gasteiger partial charge in [0, 0.05) is 11.0 Å². The number of nitrogens with two attached hydrogens (primary N) is 1. The summed E-state index contributed by atoms with van der Waals surface area (Å²) in [5, 5.41) is 1.91. The molecule has 2 N–H and O–H groups in total. The van der Waals surface area contributed by atoms with Gasteiger partial charge in [-0.05, 0) is 17.9 Å². The standard InChI is InChI=1S/C17H24N2S/c1-11(2)10-12-6-8-13(9-7-12)14-15(18)20-16(19-14)17(3,4)5/h6-9,11H,10,18H2,1-5H3. The van der Waals surface area contributed by atoms with Gasteiger partial charge in [-0.1, -0.05) is 58.9 Å². The van der Waals surface area contributed by atoms with Crippen molar-refractivity contribution in [2.45, 2.75) is 46.5 Å². The molecule has 1 aromatic carbocycles. The average molecular weight is 288 g/mol. The smallest absolute Gasteiger partial charge is 0.114 e. The van der Waals surface area contributed by atoms with Crippen LogP contribution >= 0.6 is 11.3 Å². The third kappa shape index (κ3) is 3.40. The van der Waals surface area contributed by atoms with Crippen LogP contribution in [0.5, 0.6) is 0 Å². The Kier molecular flexibility index (Phi) is 4.19. The first-order valence-corrected chi connectivity index (χ1v) is 7.95. The molecule has 0 atom stereocenters. The lowest BCUT2D eigenvalue weighted by atomic mass is 9.98. The van der Waals surface area contributed by atoms with Crippen LogP contribution in [-0.2, 0) is 11.8 Å². The van der Waals surface area contributed by atoms with Crippen LogP contribution in [0.2, 0.25) is 0 Å². The zero-order valence-corrected chi connectivity index (χ0v) is 13.8. The average Bonchev–Trinajstić information content (AvgIpc) is 2.71. The molecular weight excluding hydrogens is 264 g/mol. The third-order valence-corrected chi connectivity index (χ3v) is 4.48. The normalized spacial score (nSPS) is 12.1. The van der Waals surface area contributed by atoms with E-state index in [9.17, 15) is 0 Å². The Hall–Kier alpha value is -1.35. The van der Waals surface area contributed by atoms with Crippen LogP contribution < -0.4 is 5.73 Å². The zero-order valence-electron chi connectivity index (χ0n) is 13.0. The lowest BCUT2D eigenvalue weighted by Gasteiger charge is -2.13. The van der Waals surface area contributed by atoms with Gasteiger partial charge in [0.05, 0.1) is 0 Å². The number of anilines is 1. The number of nitrogen functional groups attached to an aromatic ring is 1. The highest BCUT2D eigenvalue weighted by Gasteiger charge is 2.21. The Balaban J connectivity index is 2.30. The van der Waals surface area contributed by atoms with E-state index in [4.69, 9.17) is 10.7 Å². The maximum Gasteiger partial charge on any atom is 0.114 e. The van der Waals surface area contributed by atoms with Gasteiger partial charge in [-0.2, -0.15) is 0 Å². The van der Waals surface area contributed by atoms with Gasteiger partial charge < -0.3 is 5.73 Å². The summed E-state index contributed by atoms with van der Waals surface area (Å²) in [5.41, 5.74) is 9.60. The largest absolute Gasteiger partial charge is 0.389 e. The van der Waals surface area contributed by atoms with Crippen LogP contribution in [0.3, 0.4) is 0 Å². The van der Waals surface area contributed by atoms with Crippen LogP contribution in [-0.4, -0.2) is 4.98 Å². The predicted octanol–water partition coefficient (Wildman–Crippen LogP) is 4.89. The molecule has 0 spiro atoms. The van der Waals surface area contributed by atoms with Crippen molar-refractivity contribution >= 4 is 16.3 Å². The highest BCUT2D eigenvalue weighted by molar-refractivity contribution is 7.16. The molecule has 2 nitrogen and oxygen atoms in total. The molecule has 3 heteroatoms. The second-order valence-electron chi connectivity index (χ2n) is 6.78. The monoisotopic (exact) mass is 288 g/mol. The van der Waals surface area contributed by atoms with Crippen molar-refractivity contribution in [3.63, 3.8) is 0 Å². The molecule has 0 aliphatic heterocycles. The van der Waals surface area contributed by atoms with E-state index in [1.165, 1.54) is 5.56 Å². The second kappa shape index (κ2) is 5.57. The summed E-state index contributed by atoms with van der Waals surface area (Å²) in [4.78, 5) is 4.74. The molecule has 0 aliphatic carbocycles. The van der Waals surface area contributed by atoms with Crippen molar-refractivity contribution in [1.82, 2.24) is 4.98 Å². The van der Waals surface area contributed by atoms with Gasteiger partial charge >= 0.3 is 0 Å². The number of benzene rings is 1. The summed E-state index contributed by atoms with van der Waals surface area (Å²) in [6.45, 7) is 11.0. The first-order valence-electron chi connectivity index (χ1n) is 7.13. The molecule has 0 unspecified atom stereocenters. The van der Waals surface area contributed by atoms with Gasteiger partial charge in [0.25, 0.3) is 0 Å². The fraction of sp³-hybridized carbons (Fsp3) is 0.471. The fourth-order valence-corrected chi connectivity index (χ4v) is 3.04. The highest BCUT2D eigenvalue weighted by atomic mass is 32.1. The molecule has 0 radical (unpaired) electrons. The number of nitrogens with zero attached hydrogens (tertiary/aromatic N) is 1. The third-order valence-electron chi connectivity index (χ3n) is 3.17.